The van der Waals surface area contributed by atoms with Crippen molar-refractivity contribution in [3.63, 3.8) is 0 Å². The van der Waals surface area contributed by atoms with Gasteiger partial charge in [-0.1, -0.05) is 20.8 Å². The molecule has 7 nitrogen and oxygen atoms in total. The molecule has 30 heavy (non-hydrogen) atoms. The van der Waals surface area contributed by atoms with Gasteiger partial charge in [0.15, 0.2) is 0 Å². The average molecular weight is 420 g/mol. The van der Waals surface area contributed by atoms with Crippen LogP contribution in [0, 0.1) is 17.2 Å². The van der Waals surface area contributed by atoms with Gasteiger partial charge >= 0.3 is 12.0 Å². The number of rotatable bonds is 7. The Balaban J connectivity index is 1.45. The first-order chi connectivity index (χ1) is 14.1. The minimum Gasteiger partial charge on any atom is -0.493 e. The van der Waals surface area contributed by atoms with Crippen molar-refractivity contribution in [2.45, 2.75) is 52.0 Å². The summed E-state index contributed by atoms with van der Waals surface area (Å²) in [5, 5.41) is 2.84. The maximum atomic E-state index is 13.0. The van der Waals surface area contributed by atoms with Gasteiger partial charge < -0.3 is 14.8 Å². The second kappa shape index (κ2) is 8.62. The second-order valence-electron chi connectivity index (χ2n) is 9.13. The summed E-state index contributed by atoms with van der Waals surface area (Å²) in [5.41, 5.74) is -0.997. The fourth-order valence-corrected chi connectivity index (χ4v) is 4.79. The molecule has 3 amide bonds. The largest absolute Gasteiger partial charge is 0.493 e. The molecule has 1 saturated carbocycles. The van der Waals surface area contributed by atoms with Crippen molar-refractivity contribution in [3.05, 3.63) is 30.1 Å². The van der Waals surface area contributed by atoms with Crippen LogP contribution in [-0.2, 0) is 14.3 Å². The third kappa shape index (κ3) is 5.09. The topological polar surface area (TPSA) is 84.9 Å². The van der Waals surface area contributed by atoms with E-state index in [1.54, 1.807) is 0 Å². The first-order valence-corrected chi connectivity index (χ1v) is 10.3. The van der Waals surface area contributed by atoms with Crippen LogP contribution in [-0.4, -0.2) is 48.1 Å². The lowest BCUT2D eigenvalue weighted by Crippen LogP contribution is -2.54. The number of hydrogen-bond donors (Lipinski definition) is 1. The molecule has 1 aromatic rings. The van der Waals surface area contributed by atoms with E-state index in [1.165, 1.54) is 24.3 Å². The number of halogens is 1. The monoisotopic (exact) mass is 420 g/mol. The van der Waals surface area contributed by atoms with Gasteiger partial charge in [-0.25, -0.2) is 9.18 Å². The van der Waals surface area contributed by atoms with Crippen LogP contribution < -0.4 is 10.1 Å². The molecular formula is C22H29FN2O5. The molecule has 0 radical (unpaired) electrons. The van der Waals surface area contributed by atoms with Crippen LogP contribution in [0.5, 0.6) is 5.75 Å². The predicted octanol–water partition coefficient (Wildman–Crippen LogP) is 3.27. The lowest BCUT2D eigenvalue weighted by Gasteiger charge is -2.43. The number of benzene rings is 1. The van der Waals surface area contributed by atoms with E-state index in [1.807, 2.05) is 0 Å². The van der Waals surface area contributed by atoms with E-state index in [2.05, 4.69) is 26.1 Å². The molecule has 1 aliphatic heterocycles. The zero-order valence-corrected chi connectivity index (χ0v) is 17.7. The molecule has 0 bridgehead atoms. The van der Waals surface area contributed by atoms with E-state index in [-0.39, 0.29) is 30.4 Å². The zero-order valence-electron chi connectivity index (χ0n) is 17.7. The van der Waals surface area contributed by atoms with E-state index in [0.29, 0.717) is 30.9 Å². The van der Waals surface area contributed by atoms with E-state index >= 15 is 0 Å². The van der Waals surface area contributed by atoms with Crippen LogP contribution in [0.3, 0.4) is 0 Å². The van der Waals surface area contributed by atoms with Crippen LogP contribution in [0.15, 0.2) is 24.3 Å². The zero-order chi connectivity index (χ0) is 21.9. The highest BCUT2D eigenvalue weighted by Crippen LogP contribution is 2.46. The van der Waals surface area contributed by atoms with Crippen molar-refractivity contribution in [2.24, 2.45) is 11.3 Å². The Bertz CT molecular complexity index is 810. The lowest BCUT2D eigenvalue weighted by molar-refractivity contribution is -0.148. The number of urea groups is 1. The maximum Gasteiger partial charge on any atom is 0.326 e. The molecule has 1 N–H and O–H groups in total. The number of ether oxygens (including phenoxy) is 2. The van der Waals surface area contributed by atoms with Gasteiger partial charge in [-0.15, -0.1) is 0 Å². The van der Waals surface area contributed by atoms with Crippen LogP contribution in [0.2, 0.25) is 0 Å². The fourth-order valence-electron chi connectivity index (χ4n) is 4.79. The molecule has 2 atom stereocenters. The summed E-state index contributed by atoms with van der Waals surface area (Å²) in [7, 11) is 0. The van der Waals surface area contributed by atoms with Crippen LogP contribution >= 0.6 is 0 Å². The van der Waals surface area contributed by atoms with Gasteiger partial charge in [-0.2, -0.15) is 0 Å². The quantitative estimate of drug-likeness (QED) is 0.416. The SMILES string of the molecule is C[C@H]1CC(C)(C)C[C@@]2(C1)NC(=O)N(CC(=O)OCCCOc1ccc(F)cc1)C2=O. The molecule has 2 aliphatic rings. The van der Waals surface area contributed by atoms with Crippen molar-refractivity contribution in [2.75, 3.05) is 19.8 Å². The van der Waals surface area contributed by atoms with Gasteiger partial charge in [0.2, 0.25) is 0 Å². The van der Waals surface area contributed by atoms with Crippen molar-refractivity contribution < 1.29 is 28.2 Å². The number of hydrogen-bond acceptors (Lipinski definition) is 5. The summed E-state index contributed by atoms with van der Waals surface area (Å²) >= 11 is 0. The third-order valence-corrected chi connectivity index (χ3v) is 5.55. The van der Waals surface area contributed by atoms with E-state index in [0.717, 1.165) is 11.3 Å². The molecule has 0 unspecified atom stereocenters. The molecule has 164 valence electrons. The summed E-state index contributed by atoms with van der Waals surface area (Å²) in [6, 6.07) is 5.09. The number of carbonyl (C=O) groups is 3. The molecule has 1 aliphatic carbocycles. The normalized spacial score (nSPS) is 25.3. The van der Waals surface area contributed by atoms with Gasteiger partial charge in [-0.05, 0) is 54.9 Å². The molecule has 8 heteroatoms. The number of nitrogens with one attached hydrogen (secondary N) is 1. The highest BCUT2D eigenvalue weighted by molar-refractivity contribution is 6.08. The Labute approximate surface area is 175 Å². The maximum absolute atomic E-state index is 13.0. The van der Waals surface area contributed by atoms with Crippen LogP contribution in [0.4, 0.5) is 9.18 Å². The Morgan fingerprint density at radius 2 is 1.90 bits per heavy atom. The summed E-state index contributed by atoms with van der Waals surface area (Å²) in [4.78, 5) is 38.5. The first-order valence-electron chi connectivity index (χ1n) is 10.3. The number of imide groups is 1. The summed E-state index contributed by atoms with van der Waals surface area (Å²) in [5.74, 6) is -0.503. The predicted molar refractivity (Wildman–Crippen MR) is 107 cm³/mol. The van der Waals surface area contributed by atoms with Crippen molar-refractivity contribution in [1.29, 1.82) is 0 Å². The van der Waals surface area contributed by atoms with Gasteiger partial charge in [-0.3, -0.25) is 14.5 Å². The molecule has 1 heterocycles. The molecule has 2 fully saturated rings. The lowest BCUT2D eigenvalue weighted by atomic mass is 9.64. The molecule has 0 aromatic heterocycles. The van der Waals surface area contributed by atoms with Gasteiger partial charge in [0.1, 0.15) is 23.7 Å². The van der Waals surface area contributed by atoms with Gasteiger partial charge in [0, 0.05) is 6.42 Å². The third-order valence-electron chi connectivity index (χ3n) is 5.55. The highest BCUT2D eigenvalue weighted by Gasteiger charge is 2.56. The van der Waals surface area contributed by atoms with Crippen LogP contribution in [0.25, 0.3) is 0 Å². The van der Waals surface area contributed by atoms with E-state index in [9.17, 15) is 18.8 Å². The van der Waals surface area contributed by atoms with Crippen molar-refractivity contribution in [1.82, 2.24) is 10.2 Å². The van der Waals surface area contributed by atoms with Crippen molar-refractivity contribution in [3.8, 4) is 5.75 Å². The summed E-state index contributed by atoms with van der Waals surface area (Å²) < 4.78 is 23.4. The molecule has 1 saturated heterocycles. The standard InChI is InChI=1S/C22H29FN2O5/c1-15-11-21(2,3)14-22(12-15)19(27)25(20(28)24-22)13-18(26)30-10-4-9-29-17-7-5-16(23)6-8-17/h5-8,15H,4,9-14H2,1-3H3,(H,24,28)/t15-,22+/m0/s1. The van der Waals surface area contributed by atoms with Gasteiger partial charge in [0.05, 0.1) is 13.2 Å². The number of carbonyl (C=O) groups excluding carboxylic acids is 3. The smallest absolute Gasteiger partial charge is 0.326 e. The Morgan fingerprint density at radius 3 is 2.57 bits per heavy atom. The summed E-state index contributed by atoms with van der Waals surface area (Å²) in [6.45, 7) is 6.24. The van der Waals surface area contributed by atoms with E-state index < -0.39 is 24.1 Å². The van der Waals surface area contributed by atoms with E-state index in [4.69, 9.17) is 9.47 Å². The van der Waals surface area contributed by atoms with Crippen molar-refractivity contribution >= 4 is 17.9 Å². The van der Waals surface area contributed by atoms with Crippen LogP contribution in [0.1, 0.15) is 46.5 Å². The Morgan fingerprint density at radius 1 is 1.20 bits per heavy atom. The number of amides is 3. The second-order valence-corrected chi connectivity index (χ2v) is 9.13. The Hall–Kier alpha value is -2.64. The average Bonchev–Trinajstić information content (AvgIpc) is 2.84. The first kappa shape index (κ1) is 22.1. The highest BCUT2D eigenvalue weighted by atomic mass is 19.1. The number of esters is 1. The minimum atomic E-state index is -0.929. The summed E-state index contributed by atoms with van der Waals surface area (Å²) in [6.07, 6.45) is 2.55. The van der Waals surface area contributed by atoms with Gasteiger partial charge in [0.25, 0.3) is 5.91 Å². The molecule has 1 aromatic carbocycles. The Kier molecular flexibility index (Phi) is 6.33. The molecule has 3 rings (SSSR count). The molecule has 1 spiro atoms. The number of nitrogens with zero attached hydrogens (tertiary/aromatic N) is 1. The molecular weight excluding hydrogens is 391 g/mol. The minimum absolute atomic E-state index is 0.0678. The fraction of sp³-hybridized carbons (Fsp3) is 0.591.